The molecule has 0 aliphatic rings. The van der Waals surface area contributed by atoms with Gasteiger partial charge in [0.1, 0.15) is 0 Å². The molecule has 0 saturated heterocycles. The van der Waals surface area contributed by atoms with Crippen molar-refractivity contribution in [2.75, 3.05) is 0 Å². The van der Waals surface area contributed by atoms with E-state index in [1.807, 2.05) is 19.9 Å². The first-order valence-corrected chi connectivity index (χ1v) is 3.48. The monoisotopic (exact) mass is 142 g/mol. The van der Waals surface area contributed by atoms with Crippen LogP contribution in [0.5, 0.6) is 0 Å². The number of hydrazone groups is 1. The Labute approximate surface area is 61.6 Å². The summed E-state index contributed by atoms with van der Waals surface area (Å²) in [5.41, 5.74) is 0. The van der Waals surface area contributed by atoms with E-state index in [1.54, 1.807) is 6.21 Å². The highest BCUT2D eigenvalue weighted by Crippen LogP contribution is 1.86. The molecule has 0 spiro atoms. The molecule has 0 unspecified atom stereocenters. The Morgan fingerprint density at radius 3 is 2.60 bits per heavy atom. The molecule has 0 radical (unpaired) electrons. The molecule has 1 N–H and O–H groups in total. The van der Waals surface area contributed by atoms with Crippen LogP contribution in [0, 0.1) is 0 Å². The number of nitrogens with zero attached hydrogens (tertiary/aromatic N) is 2. The van der Waals surface area contributed by atoms with E-state index in [-0.39, 0.29) is 0 Å². The summed E-state index contributed by atoms with van der Waals surface area (Å²) < 4.78 is 0. The fourth-order valence-corrected chi connectivity index (χ4v) is 0.403. The maximum atomic E-state index is 8.86. The minimum absolute atomic E-state index is 0.812. The number of hydrogen-bond donors (Lipinski definition) is 1. The van der Waals surface area contributed by atoms with Crippen LogP contribution in [0.3, 0.4) is 0 Å². The van der Waals surface area contributed by atoms with Crippen LogP contribution in [0.25, 0.3) is 0 Å². The van der Waals surface area contributed by atoms with Gasteiger partial charge in [0.05, 0.1) is 0 Å². The Morgan fingerprint density at radius 2 is 2.10 bits per heavy atom. The minimum Gasteiger partial charge on any atom is -0.268 e. The fraction of sp³-hybridized carbons (Fsp3) is 0.571. The maximum absolute atomic E-state index is 8.86. The molecule has 0 aliphatic heterocycles. The third kappa shape index (κ3) is 5.31. The Bertz CT molecular complexity index is 107. The number of hydroxylamine groups is 1. The van der Waals surface area contributed by atoms with Crippen LogP contribution in [0.1, 0.15) is 26.7 Å². The number of hydrogen-bond acceptors (Lipinski definition) is 3. The lowest BCUT2D eigenvalue weighted by atomic mass is 10.5. The standard InChI is InChI=1S/C7H14N2O/c1-3-5-7-9(10)8-6-4-2/h5-7,10H,3-4H2,1-2H3/b7-5-,8-6-. The third-order valence-corrected chi connectivity index (χ3v) is 0.857. The van der Waals surface area contributed by atoms with Gasteiger partial charge in [-0.15, -0.1) is 5.17 Å². The van der Waals surface area contributed by atoms with Gasteiger partial charge in [-0.25, -0.2) is 0 Å². The maximum Gasteiger partial charge on any atom is 0.0498 e. The number of allylic oxidation sites excluding steroid dienone is 1. The average molecular weight is 142 g/mol. The van der Waals surface area contributed by atoms with E-state index in [0.29, 0.717) is 0 Å². The van der Waals surface area contributed by atoms with Crippen molar-refractivity contribution in [1.29, 1.82) is 0 Å². The van der Waals surface area contributed by atoms with E-state index in [4.69, 9.17) is 5.21 Å². The average Bonchev–Trinajstić information content (AvgIpc) is 1.97. The Hall–Kier alpha value is -0.830. The van der Waals surface area contributed by atoms with Gasteiger partial charge in [0.15, 0.2) is 0 Å². The second-order valence-corrected chi connectivity index (χ2v) is 1.82. The second kappa shape index (κ2) is 6.29. The highest BCUT2D eigenvalue weighted by atomic mass is 16.5. The van der Waals surface area contributed by atoms with Crippen molar-refractivity contribution in [2.45, 2.75) is 26.7 Å². The first-order chi connectivity index (χ1) is 4.81. The van der Waals surface area contributed by atoms with Crippen LogP contribution in [0.2, 0.25) is 0 Å². The molecule has 0 aliphatic carbocycles. The fourth-order valence-electron chi connectivity index (χ4n) is 0.403. The zero-order chi connectivity index (χ0) is 7.82. The zero-order valence-electron chi connectivity index (χ0n) is 6.49. The normalized spacial score (nSPS) is 11.5. The predicted molar refractivity (Wildman–Crippen MR) is 41.8 cm³/mol. The van der Waals surface area contributed by atoms with Gasteiger partial charge in [0.25, 0.3) is 0 Å². The molecule has 3 heteroatoms. The van der Waals surface area contributed by atoms with Crippen molar-refractivity contribution in [3.05, 3.63) is 12.3 Å². The van der Waals surface area contributed by atoms with Crippen molar-refractivity contribution in [1.82, 2.24) is 5.17 Å². The zero-order valence-corrected chi connectivity index (χ0v) is 6.49. The molecule has 0 rings (SSSR count). The Morgan fingerprint density at radius 1 is 1.40 bits per heavy atom. The summed E-state index contributed by atoms with van der Waals surface area (Å²) >= 11 is 0. The molecule has 0 aromatic heterocycles. The topological polar surface area (TPSA) is 35.8 Å². The van der Waals surface area contributed by atoms with E-state index in [2.05, 4.69) is 5.10 Å². The van der Waals surface area contributed by atoms with E-state index >= 15 is 0 Å². The number of rotatable bonds is 4. The molecular weight excluding hydrogens is 128 g/mol. The Kier molecular flexibility index (Phi) is 5.77. The summed E-state index contributed by atoms with van der Waals surface area (Å²) in [6.07, 6.45) is 6.72. The van der Waals surface area contributed by atoms with Gasteiger partial charge in [0.2, 0.25) is 0 Å². The summed E-state index contributed by atoms with van der Waals surface area (Å²) in [7, 11) is 0. The molecule has 0 amide bonds. The molecule has 0 atom stereocenters. The van der Waals surface area contributed by atoms with Crippen LogP contribution in [-0.4, -0.2) is 16.6 Å². The van der Waals surface area contributed by atoms with Crippen LogP contribution in [0.15, 0.2) is 17.4 Å². The summed E-state index contributed by atoms with van der Waals surface area (Å²) in [6.45, 7) is 3.95. The van der Waals surface area contributed by atoms with Crippen molar-refractivity contribution in [2.24, 2.45) is 5.10 Å². The molecule has 3 nitrogen and oxygen atoms in total. The van der Waals surface area contributed by atoms with E-state index < -0.39 is 0 Å². The van der Waals surface area contributed by atoms with Crippen LogP contribution >= 0.6 is 0 Å². The van der Waals surface area contributed by atoms with Gasteiger partial charge in [0, 0.05) is 12.4 Å². The largest absolute Gasteiger partial charge is 0.268 e. The smallest absolute Gasteiger partial charge is 0.0498 e. The quantitative estimate of drug-likeness (QED) is 0.481. The van der Waals surface area contributed by atoms with Crippen LogP contribution < -0.4 is 0 Å². The highest BCUT2D eigenvalue weighted by Gasteiger charge is 1.80. The molecule has 58 valence electrons. The van der Waals surface area contributed by atoms with Gasteiger partial charge in [-0.3, -0.25) is 5.21 Å². The van der Waals surface area contributed by atoms with E-state index in [0.717, 1.165) is 18.0 Å². The molecule has 0 heterocycles. The minimum atomic E-state index is 0.812. The summed E-state index contributed by atoms with van der Waals surface area (Å²) in [6, 6.07) is 0. The molecular formula is C7H14N2O. The van der Waals surface area contributed by atoms with Crippen molar-refractivity contribution in [3.8, 4) is 0 Å². The summed E-state index contributed by atoms with van der Waals surface area (Å²) in [4.78, 5) is 0. The lowest BCUT2D eigenvalue weighted by molar-refractivity contribution is -0.0383. The molecule has 0 saturated carbocycles. The van der Waals surface area contributed by atoms with Crippen LogP contribution in [0.4, 0.5) is 0 Å². The highest BCUT2D eigenvalue weighted by molar-refractivity contribution is 5.55. The van der Waals surface area contributed by atoms with Gasteiger partial charge in [-0.1, -0.05) is 19.9 Å². The molecule has 0 bridgehead atoms. The first kappa shape index (κ1) is 9.17. The van der Waals surface area contributed by atoms with Crippen molar-refractivity contribution < 1.29 is 5.21 Å². The SMILES string of the molecule is CC/C=C\N(O)/N=C\CC. The van der Waals surface area contributed by atoms with E-state index in [9.17, 15) is 0 Å². The summed E-state index contributed by atoms with van der Waals surface area (Å²) in [5, 5.41) is 13.3. The van der Waals surface area contributed by atoms with Crippen LogP contribution in [-0.2, 0) is 0 Å². The first-order valence-electron chi connectivity index (χ1n) is 3.48. The van der Waals surface area contributed by atoms with Gasteiger partial charge < -0.3 is 0 Å². The van der Waals surface area contributed by atoms with Gasteiger partial charge in [-0.2, -0.15) is 5.10 Å². The van der Waals surface area contributed by atoms with E-state index in [1.165, 1.54) is 6.20 Å². The second-order valence-electron chi connectivity index (χ2n) is 1.82. The molecule has 10 heavy (non-hydrogen) atoms. The van der Waals surface area contributed by atoms with Gasteiger partial charge in [-0.05, 0) is 12.8 Å². The molecule has 0 aromatic rings. The predicted octanol–water partition coefficient (Wildman–Crippen LogP) is 2.00. The molecule has 0 fully saturated rings. The third-order valence-electron chi connectivity index (χ3n) is 0.857. The molecule has 0 aromatic carbocycles. The lowest BCUT2D eigenvalue weighted by Crippen LogP contribution is -2.01. The lowest BCUT2D eigenvalue weighted by Gasteiger charge is -2.00. The van der Waals surface area contributed by atoms with Gasteiger partial charge >= 0.3 is 0 Å². The summed E-state index contributed by atoms with van der Waals surface area (Å²) in [5.74, 6) is 0. The Balaban J connectivity index is 3.52. The van der Waals surface area contributed by atoms with Crippen molar-refractivity contribution in [3.63, 3.8) is 0 Å². The van der Waals surface area contributed by atoms with Crippen molar-refractivity contribution >= 4 is 6.21 Å².